The van der Waals surface area contributed by atoms with Crippen molar-refractivity contribution in [3.05, 3.63) is 22.4 Å². The fraction of sp³-hybridized carbons (Fsp3) is 0.733. The second-order valence-electron chi connectivity index (χ2n) is 5.46. The number of thiophene rings is 1. The number of nitrogens with zero attached hydrogens (tertiary/aromatic N) is 1. The van der Waals surface area contributed by atoms with Crippen LogP contribution in [0.25, 0.3) is 0 Å². The Labute approximate surface area is 115 Å². The van der Waals surface area contributed by atoms with Crippen LogP contribution < -0.4 is 5.32 Å². The third-order valence-electron chi connectivity index (χ3n) is 4.12. The van der Waals surface area contributed by atoms with Crippen molar-refractivity contribution in [3.63, 3.8) is 0 Å². The number of hydrogen-bond donors (Lipinski definition) is 1. The Hall–Kier alpha value is -0.380. The summed E-state index contributed by atoms with van der Waals surface area (Å²) in [5, 5.41) is 5.88. The first-order valence-electron chi connectivity index (χ1n) is 7.24. The van der Waals surface area contributed by atoms with E-state index in [2.05, 4.69) is 41.7 Å². The quantitative estimate of drug-likeness (QED) is 0.845. The van der Waals surface area contributed by atoms with Crippen molar-refractivity contribution in [3.8, 4) is 0 Å². The van der Waals surface area contributed by atoms with E-state index in [-0.39, 0.29) is 0 Å². The topological polar surface area (TPSA) is 15.3 Å². The second-order valence-corrected chi connectivity index (χ2v) is 6.44. The molecule has 1 aliphatic carbocycles. The number of rotatable bonds is 6. The van der Waals surface area contributed by atoms with Gasteiger partial charge in [0.05, 0.1) is 0 Å². The molecule has 1 heterocycles. The highest BCUT2D eigenvalue weighted by molar-refractivity contribution is 7.10. The molecule has 0 aliphatic heterocycles. The van der Waals surface area contributed by atoms with Gasteiger partial charge in [0.1, 0.15) is 0 Å². The van der Waals surface area contributed by atoms with E-state index >= 15 is 0 Å². The van der Waals surface area contributed by atoms with Crippen LogP contribution in [-0.2, 0) is 0 Å². The summed E-state index contributed by atoms with van der Waals surface area (Å²) >= 11 is 1.86. The summed E-state index contributed by atoms with van der Waals surface area (Å²) in [7, 11) is 2.23. The van der Waals surface area contributed by atoms with E-state index in [0.717, 1.165) is 19.1 Å². The first-order chi connectivity index (χ1) is 8.77. The van der Waals surface area contributed by atoms with Gasteiger partial charge in [-0.05, 0) is 38.3 Å². The molecule has 0 aromatic carbocycles. The summed E-state index contributed by atoms with van der Waals surface area (Å²) in [6.07, 6.45) is 7.03. The van der Waals surface area contributed by atoms with Gasteiger partial charge in [-0.1, -0.05) is 25.3 Å². The molecule has 1 aromatic rings. The molecule has 2 rings (SSSR count). The number of nitrogens with one attached hydrogen (secondary N) is 1. The van der Waals surface area contributed by atoms with Crippen LogP contribution in [0.3, 0.4) is 0 Å². The smallest absolute Gasteiger partial charge is 0.0410 e. The lowest BCUT2D eigenvalue weighted by molar-refractivity contribution is 0.254. The minimum Gasteiger partial charge on any atom is -0.313 e. The molecule has 1 unspecified atom stereocenters. The predicted octanol–water partition coefficient (Wildman–Crippen LogP) is 3.66. The van der Waals surface area contributed by atoms with Gasteiger partial charge in [-0.2, -0.15) is 0 Å². The van der Waals surface area contributed by atoms with Crippen LogP contribution in [0.15, 0.2) is 17.5 Å². The molecule has 1 aliphatic rings. The Bertz CT molecular complexity index is 317. The molecule has 0 radical (unpaired) electrons. The standard InChI is InChI=1S/C15H26N2S/c1-13(15-9-6-12-18-15)17(2)11-10-16-14-7-4-3-5-8-14/h6,9,12-14,16H,3-5,7-8,10-11H2,1-2H3. The Balaban J connectivity index is 1.66. The molecule has 0 spiro atoms. The highest BCUT2D eigenvalue weighted by Crippen LogP contribution is 2.23. The van der Waals surface area contributed by atoms with Crippen LogP contribution in [0.4, 0.5) is 0 Å². The first kappa shape index (κ1) is 14.0. The summed E-state index contributed by atoms with van der Waals surface area (Å²) in [4.78, 5) is 3.91. The number of likely N-dealkylation sites (N-methyl/N-ethyl adjacent to an activating group) is 1. The SMILES string of the molecule is CC(c1cccs1)N(C)CCNC1CCCCC1. The lowest BCUT2D eigenvalue weighted by atomic mass is 9.95. The third-order valence-corrected chi connectivity index (χ3v) is 5.16. The lowest BCUT2D eigenvalue weighted by Gasteiger charge is -2.27. The maximum atomic E-state index is 3.71. The van der Waals surface area contributed by atoms with Gasteiger partial charge in [0.25, 0.3) is 0 Å². The summed E-state index contributed by atoms with van der Waals surface area (Å²) in [5.74, 6) is 0. The van der Waals surface area contributed by atoms with Gasteiger partial charge in [-0.25, -0.2) is 0 Å². The fourth-order valence-corrected chi connectivity index (χ4v) is 3.54. The van der Waals surface area contributed by atoms with E-state index in [1.165, 1.54) is 37.0 Å². The largest absolute Gasteiger partial charge is 0.313 e. The van der Waals surface area contributed by atoms with Gasteiger partial charge in [0, 0.05) is 30.1 Å². The van der Waals surface area contributed by atoms with Crippen molar-refractivity contribution in [1.29, 1.82) is 0 Å². The highest BCUT2D eigenvalue weighted by Gasteiger charge is 2.14. The van der Waals surface area contributed by atoms with Gasteiger partial charge in [-0.3, -0.25) is 4.90 Å². The molecule has 1 fully saturated rings. The maximum absolute atomic E-state index is 3.71. The molecular weight excluding hydrogens is 240 g/mol. The maximum Gasteiger partial charge on any atom is 0.0410 e. The van der Waals surface area contributed by atoms with E-state index in [4.69, 9.17) is 0 Å². The molecule has 1 atom stereocenters. The predicted molar refractivity (Wildman–Crippen MR) is 80.2 cm³/mol. The second kappa shape index (κ2) is 7.27. The Morgan fingerprint density at radius 3 is 2.83 bits per heavy atom. The first-order valence-corrected chi connectivity index (χ1v) is 8.12. The van der Waals surface area contributed by atoms with Crippen molar-refractivity contribution in [1.82, 2.24) is 10.2 Å². The normalized spacial score (nSPS) is 19.3. The molecule has 102 valence electrons. The van der Waals surface area contributed by atoms with Crippen molar-refractivity contribution in [2.45, 2.75) is 51.1 Å². The van der Waals surface area contributed by atoms with Crippen LogP contribution >= 0.6 is 11.3 Å². The Kier molecular flexibility index (Phi) is 5.67. The average Bonchev–Trinajstić information content (AvgIpc) is 2.93. The van der Waals surface area contributed by atoms with Crippen LogP contribution in [0.5, 0.6) is 0 Å². The van der Waals surface area contributed by atoms with Crippen molar-refractivity contribution in [2.75, 3.05) is 20.1 Å². The molecule has 0 amide bonds. The van der Waals surface area contributed by atoms with Crippen molar-refractivity contribution >= 4 is 11.3 Å². The van der Waals surface area contributed by atoms with E-state index in [0.29, 0.717) is 6.04 Å². The van der Waals surface area contributed by atoms with Crippen LogP contribution in [0.2, 0.25) is 0 Å². The van der Waals surface area contributed by atoms with Gasteiger partial charge < -0.3 is 5.32 Å². The molecule has 0 bridgehead atoms. The summed E-state index contributed by atoms with van der Waals surface area (Å²) < 4.78 is 0. The zero-order valence-electron chi connectivity index (χ0n) is 11.7. The monoisotopic (exact) mass is 266 g/mol. The van der Waals surface area contributed by atoms with Crippen LogP contribution in [0, 0.1) is 0 Å². The van der Waals surface area contributed by atoms with Crippen LogP contribution in [0.1, 0.15) is 49.9 Å². The van der Waals surface area contributed by atoms with E-state index in [1.807, 2.05) is 11.3 Å². The van der Waals surface area contributed by atoms with E-state index < -0.39 is 0 Å². The van der Waals surface area contributed by atoms with Gasteiger partial charge in [0.15, 0.2) is 0 Å². The van der Waals surface area contributed by atoms with Crippen LogP contribution in [-0.4, -0.2) is 31.1 Å². The van der Waals surface area contributed by atoms with E-state index in [1.54, 1.807) is 0 Å². The highest BCUT2D eigenvalue weighted by atomic mass is 32.1. The van der Waals surface area contributed by atoms with Gasteiger partial charge >= 0.3 is 0 Å². The zero-order valence-corrected chi connectivity index (χ0v) is 12.5. The van der Waals surface area contributed by atoms with Crippen molar-refractivity contribution < 1.29 is 0 Å². The Morgan fingerprint density at radius 2 is 2.17 bits per heavy atom. The summed E-state index contributed by atoms with van der Waals surface area (Å²) in [5.41, 5.74) is 0. The summed E-state index contributed by atoms with van der Waals surface area (Å²) in [6, 6.07) is 5.70. The number of hydrogen-bond acceptors (Lipinski definition) is 3. The molecule has 1 saturated carbocycles. The zero-order chi connectivity index (χ0) is 12.8. The molecule has 1 N–H and O–H groups in total. The Morgan fingerprint density at radius 1 is 1.39 bits per heavy atom. The van der Waals surface area contributed by atoms with E-state index in [9.17, 15) is 0 Å². The molecule has 1 aromatic heterocycles. The molecule has 18 heavy (non-hydrogen) atoms. The minimum absolute atomic E-state index is 0.540. The minimum atomic E-state index is 0.540. The van der Waals surface area contributed by atoms with Gasteiger partial charge in [-0.15, -0.1) is 11.3 Å². The molecule has 0 saturated heterocycles. The van der Waals surface area contributed by atoms with Crippen molar-refractivity contribution in [2.24, 2.45) is 0 Å². The molecule has 3 heteroatoms. The molecular formula is C15H26N2S. The summed E-state index contributed by atoms with van der Waals surface area (Å²) in [6.45, 7) is 4.55. The molecule has 2 nitrogen and oxygen atoms in total. The lowest BCUT2D eigenvalue weighted by Crippen LogP contribution is -2.37. The average molecular weight is 266 g/mol. The fourth-order valence-electron chi connectivity index (χ4n) is 2.69. The van der Waals surface area contributed by atoms with Gasteiger partial charge in [0.2, 0.25) is 0 Å². The third kappa shape index (κ3) is 4.08.